The molecule has 0 radical (unpaired) electrons. The number of benzene rings is 2. The number of rotatable bonds is 5. The van der Waals surface area contributed by atoms with E-state index in [-0.39, 0.29) is 18.0 Å². The van der Waals surface area contributed by atoms with Gasteiger partial charge in [0.05, 0.1) is 18.4 Å². The molecule has 0 spiro atoms. The van der Waals surface area contributed by atoms with Gasteiger partial charge in [0.25, 0.3) is 5.91 Å². The van der Waals surface area contributed by atoms with Crippen LogP contribution in [0.2, 0.25) is 0 Å². The van der Waals surface area contributed by atoms with Crippen LogP contribution in [0, 0.1) is 0 Å². The minimum Gasteiger partial charge on any atom is -0.496 e. The predicted octanol–water partition coefficient (Wildman–Crippen LogP) is 5.21. The molecule has 1 amide bonds. The number of nitrogens with zero attached hydrogens (tertiary/aromatic N) is 2. The molecule has 34 heavy (non-hydrogen) atoms. The molecule has 2 unspecified atom stereocenters. The number of para-hydroxylation sites is 1. The molecule has 1 saturated heterocycles. The Morgan fingerprint density at radius 2 is 1.85 bits per heavy atom. The summed E-state index contributed by atoms with van der Waals surface area (Å²) in [6.07, 6.45) is 5.15. The van der Waals surface area contributed by atoms with Crippen molar-refractivity contribution in [2.45, 2.75) is 52.1 Å². The van der Waals surface area contributed by atoms with Crippen molar-refractivity contribution in [2.75, 3.05) is 18.6 Å². The third kappa shape index (κ3) is 4.38. The Bertz CT molecular complexity index is 1220. The van der Waals surface area contributed by atoms with Crippen LogP contribution in [0.15, 0.2) is 42.5 Å². The Morgan fingerprint density at radius 3 is 2.56 bits per heavy atom. The van der Waals surface area contributed by atoms with Crippen LogP contribution in [-0.4, -0.2) is 40.2 Å². The number of aromatic amines is 1. The van der Waals surface area contributed by atoms with Gasteiger partial charge in [-0.2, -0.15) is 5.10 Å². The number of methoxy groups -OCH3 is 1. The SMILES string of the molecule is COc1ccccc1-c1[nH]nc(N)c1/C=C(\C)c1ccc(N)c(C(=O)N2C(C)CCCC2C)c1. The van der Waals surface area contributed by atoms with Gasteiger partial charge < -0.3 is 21.1 Å². The van der Waals surface area contributed by atoms with E-state index in [1.165, 1.54) is 0 Å². The van der Waals surface area contributed by atoms with Crippen LogP contribution in [-0.2, 0) is 0 Å². The number of aromatic nitrogens is 2. The van der Waals surface area contributed by atoms with E-state index in [0.717, 1.165) is 53.0 Å². The summed E-state index contributed by atoms with van der Waals surface area (Å²) in [7, 11) is 1.64. The van der Waals surface area contributed by atoms with Crippen molar-refractivity contribution in [2.24, 2.45) is 0 Å². The highest BCUT2D eigenvalue weighted by Crippen LogP contribution is 2.35. The fraction of sp³-hybridized carbons (Fsp3) is 0.333. The first-order valence-electron chi connectivity index (χ1n) is 11.7. The van der Waals surface area contributed by atoms with Crippen molar-refractivity contribution in [3.05, 3.63) is 59.2 Å². The lowest BCUT2D eigenvalue weighted by Gasteiger charge is -2.39. The number of nitrogen functional groups attached to an aromatic ring is 2. The highest BCUT2D eigenvalue weighted by molar-refractivity contribution is 6.01. The molecule has 0 aliphatic carbocycles. The smallest absolute Gasteiger partial charge is 0.256 e. The van der Waals surface area contributed by atoms with Gasteiger partial charge in [-0.3, -0.25) is 9.89 Å². The van der Waals surface area contributed by atoms with E-state index >= 15 is 0 Å². The lowest BCUT2D eigenvalue weighted by Crippen LogP contribution is -2.47. The first-order chi connectivity index (χ1) is 16.3. The minimum absolute atomic E-state index is 0.00983. The molecule has 2 heterocycles. The number of carbonyl (C=O) groups excluding carboxylic acids is 1. The van der Waals surface area contributed by atoms with Gasteiger partial charge >= 0.3 is 0 Å². The molecular formula is C27H33N5O2. The number of allylic oxidation sites excluding steroid dienone is 1. The standard InChI is InChI=1S/C27H33N5O2/c1-16(14-22-25(30-31-26(22)29)20-10-5-6-11-24(20)34-4)19-12-13-23(28)21(15-19)27(33)32-17(2)8-7-9-18(32)3/h5-6,10-15,17-18H,7-9,28H2,1-4H3,(H3,29,30,31)/b16-14+. The number of nitrogens with two attached hydrogens (primary N) is 2. The summed E-state index contributed by atoms with van der Waals surface area (Å²) in [5, 5.41) is 7.26. The highest BCUT2D eigenvalue weighted by Gasteiger charge is 2.30. The predicted molar refractivity (Wildman–Crippen MR) is 138 cm³/mol. The van der Waals surface area contributed by atoms with Crippen LogP contribution in [0.3, 0.4) is 0 Å². The summed E-state index contributed by atoms with van der Waals surface area (Å²) in [6.45, 7) is 6.21. The number of hydrogen-bond acceptors (Lipinski definition) is 5. The highest BCUT2D eigenvalue weighted by atomic mass is 16.5. The first-order valence-corrected chi connectivity index (χ1v) is 11.7. The third-order valence-corrected chi connectivity index (χ3v) is 6.74. The number of amides is 1. The van der Waals surface area contributed by atoms with Gasteiger partial charge in [0.15, 0.2) is 5.82 Å². The zero-order chi connectivity index (χ0) is 24.4. The molecule has 7 nitrogen and oxygen atoms in total. The van der Waals surface area contributed by atoms with E-state index in [4.69, 9.17) is 16.2 Å². The number of ether oxygens (including phenoxy) is 1. The Hall–Kier alpha value is -3.74. The quantitative estimate of drug-likeness (QED) is 0.454. The fourth-order valence-electron chi connectivity index (χ4n) is 4.81. The van der Waals surface area contributed by atoms with Crippen molar-refractivity contribution in [1.29, 1.82) is 0 Å². The van der Waals surface area contributed by atoms with E-state index < -0.39 is 0 Å². The second-order valence-electron chi connectivity index (χ2n) is 9.07. The van der Waals surface area contributed by atoms with Gasteiger partial charge in [-0.1, -0.05) is 18.2 Å². The molecule has 2 aromatic carbocycles. The average Bonchev–Trinajstić information content (AvgIpc) is 3.18. The summed E-state index contributed by atoms with van der Waals surface area (Å²) in [6, 6.07) is 13.7. The third-order valence-electron chi connectivity index (χ3n) is 6.74. The summed E-state index contributed by atoms with van der Waals surface area (Å²) < 4.78 is 5.52. The summed E-state index contributed by atoms with van der Waals surface area (Å²) >= 11 is 0. The topological polar surface area (TPSA) is 110 Å². The first kappa shape index (κ1) is 23.4. The van der Waals surface area contributed by atoms with Gasteiger partial charge in [0, 0.05) is 28.9 Å². The lowest BCUT2D eigenvalue weighted by atomic mass is 9.94. The maximum atomic E-state index is 13.5. The number of nitrogens with one attached hydrogen (secondary N) is 1. The van der Waals surface area contributed by atoms with Gasteiger partial charge in [0.1, 0.15) is 5.75 Å². The Balaban J connectivity index is 1.72. The number of hydrogen-bond donors (Lipinski definition) is 3. The van der Waals surface area contributed by atoms with Gasteiger partial charge in [0.2, 0.25) is 0 Å². The van der Waals surface area contributed by atoms with Crippen molar-refractivity contribution in [1.82, 2.24) is 15.1 Å². The van der Waals surface area contributed by atoms with Crippen LogP contribution >= 0.6 is 0 Å². The monoisotopic (exact) mass is 459 g/mol. The number of likely N-dealkylation sites (tertiary alicyclic amines) is 1. The lowest BCUT2D eigenvalue weighted by molar-refractivity contribution is 0.0512. The maximum absolute atomic E-state index is 13.5. The Kier molecular flexibility index (Phi) is 6.63. The molecule has 1 aliphatic rings. The molecule has 1 aliphatic heterocycles. The van der Waals surface area contributed by atoms with Crippen LogP contribution in [0.25, 0.3) is 22.9 Å². The molecule has 4 rings (SSSR count). The number of H-pyrrole nitrogens is 1. The minimum atomic E-state index is -0.00983. The molecule has 178 valence electrons. The largest absolute Gasteiger partial charge is 0.496 e. The fourth-order valence-corrected chi connectivity index (χ4v) is 4.81. The van der Waals surface area contributed by atoms with Crippen molar-refractivity contribution in [3.8, 4) is 17.0 Å². The molecule has 1 fully saturated rings. The van der Waals surface area contributed by atoms with Crippen molar-refractivity contribution in [3.63, 3.8) is 0 Å². The molecule has 3 aromatic rings. The van der Waals surface area contributed by atoms with E-state index in [0.29, 0.717) is 17.1 Å². The molecule has 5 N–H and O–H groups in total. The second-order valence-corrected chi connectivity index (χ2v) is 9.07. The van der Waals surface area contributed by atoms with Gasteiger partial charge in [-0.25, -0.2) is 0 Å². The van der Waals surface area contributed by atoms with Crippen molar-refractivity contribution >= 4 is 29.1 Å². The van der Waals surface area contributed by atoms with E-state index in [2.05, 4.69) is 24.0 Å². The summed E-state index contributed by atoms with van der Waals surface area (Å²) in [4.78, 5) is 15.5. The summed E-state index contributed by atoms with van der Waals surface area (Å²) in [5.41, 5.74) is 17.8. The number of piperidine rings is 1. The van der Waals surface area contributed by atoms with Crippen LogP contribution in [0.1, 0.15) is 61.5 Å². The van der Waals surface area contributed by atoms with E-state index in [1.54, 1.807) is 13.2 Å². The number of anilines is 2. The normalized spacial score (nSPS) is 18.7. The molecular weight excluding hydrogens is 426 g/mol. The number of carbonyl (C=O) groups is 1. The van der Waals surface area contributed by atoms with E-state index in [1.807, 2.05) is 54.3 Å². The molecule has 0 bridgehead atoms. The van der Waals surface area contributed by atoms with E-state index in [9.17, 15) is 4.79 Å². The molecule has 2 atom stereocenters. The Labute approximate surface area is 200 Å². The maximum Gasteiger partial charge on any atom is 0.256 e. The average molecular weight is 460 g/mol. The van der Waals surface area contributed by atoms with Crippen LogP contribution in [0.5, 0.6) is 5.75 Å². The van der Waals surface area contributed by atoms with Crippen LogP contribution in [0.4, 0.5) is 11.5 Å². The van der Waals surface area contributed by atoms with Gasteiger partial charge in [-0.05, 0) is 81.5 Å². The van der Waals surface area contributed by atoms with Gasteiger partial charge in [-0.15, -0.1) is 0 Å². The molecule has 1 aromatic heterocycles. The molecule has 0 saturated carbocycles. The van der Waals surface area contributed by atoms with Crippen LogP contribution < -0.4 is 16.2 Å². The zero-order valence-electron chi connectivity index (χ0n) is 20.3. The second kappa shape index (κ2) is 9.63. The van der Waals surface area contributed by atoms with Crippen molar-refractivity contribution < 1.29 is 9.53 Å². The Morgan fingerprint density at radius 1 is 1.15 bits per heavy atom. The zero-order valence-corrected chi connectivity index (χ0v) is 20.3. The summed E-state index contributed by atoms with van der Waals surface area (Å²) in [5.74, 6) is 1.11. The molecule has 7 heteroatoms.